The Balaban J connectivity index is 3.23. The highest BCUT2D eigenvalue weighted by Crippen LogP contribution is 2.21. The molecule has 70 valence electrons. The predicted molar refractivity (Wildman–Crippen MR) is 49.8 cm³/mol. The second-order valence-electron chi connectivity index (χ2n) is 2.81. The number of rotatable bonds is 3. The number of ketones is 1. The third-order valence-corrected chi connectivity index (χ3v) is 1.76. The lowest BCUT2D eigenvalue weighted by Crippen LogP contribution is -1.93. The number of aryl methyl sites for hydroxylation is 1. The van der Waals surface area contributed by atoms with Gasteiger partial charge in [-0.3, -0.25) is 4.79 Å². The summed E-state index contributed by atoms with van der Waals surface area (Å²) in [4.78, 5) is 11.1. The van der Waals surface area contributed by atoms with E-state index in [-0.39, 0.29) is 17.3 Å². The van der Waals surface area contributed by atoms with Crippen LogP contribution in [0.1, 0.15) is 35.7 Å². The number of carbonyl (C=O) groups excluding carboxylic acids is 1. The molecule has 0 unspecified atom stereocenters. The fraction of sp³-hybridized carbons (Fsp3) is 0.300. The fourth-order valence-electron chi connectivity index (χ4n) is 1.09. The van der Waals surface area contributed by atoms with Crippen LogP contribution in [0.2, 0.25) is 0 Å². The van der Waals surface area contributed by atoms with Crippen molar-refractivity contribution in [3.8, 4) is 0 Å². The van der Waals surface area contributed by atoms with E-state index in [0.29, 0.717) is 17.7 Å². The Morgan fingerprint density at radius 2 is 2.31 bits per heavy atom. The molecule has 0 saturated heterocycles. The smallest absolute Gasteiger partial charge is 0.195 e. The van der Waals surface area contributed by atoms with Crippen molar-refractivity contribution in [2.45, 2.75) is 20.3 Å². The van der Waals surface area contributed by atoms with Crippen LogP contribution in [0.15, 0.2) is 17.1 Å². The van der Waals surface area contributed by atoms with Crippen molar-refractivity contribution in [1.29, 1.82) is 0 Å². The molecule has 0 saturated carbocycles. The number of hydrogen-bond acceptors (Lipinski definition) is 3. The molecule has 0 atom stereocenters. The minimum absolute atomic E-state index is 0.131. The quantitative estimate of drug-likeness (QED) is 0.574. The summed E-state index contributed by atoms with van der Waals surface area (Å²) in [6.45, 7) is 6.66. The van der Waals surface area contributed by atoms with Crippen molar-refractivity contribution in [2.24, 2.45) is 0 Å². The molecule has 0 aromatic carbocycles. The van der Waals surface area contributed by atoms with E-state index in [9.17, 15) is 4.79 Å². The summed E-state index contributed by atoms with van der Waals surface area (Å²) in [6, 6.07) is 1.64. The molecule has 1 N–H and O–H groups in total. The molecule has 13 heavy (non-hydrogen) atoms. The molecular weight excluding hydrogens is 168 g/mol. The first-order chi connectivity index (χ1) is 6.06. The van der Waals surface area contributed by atoms with Gasteiger partial charge in [-0.1, -0.05) is 13.5 Å². The van der Waals surface area contributed by atoms with E-state index in [1.54, 1.807) is 6.07 Å². The zero-order valence-electron chi connectivity index (χ0n) is 7.76. The van der Waals surface area contributed by atoms with Gasteiger partial charge in [-0.2, -0.15) is 0 Å². The van der Waals surface area contributed by atoms with Crippen LogP contribution in [-0.2, 0) is 6.42 Å². The van der Waals surface area contributed by atoms with Gasteiger partial charge in [-0.15, -0.1) is 0 Å². The maximum atomic E-state index is 11.1. The van der Waals surface area contributed by atoms with E-state index >= 15 is 0 Å². The van der Waals surface area contributed by atoms with Crippen LogP contribution in [0.25, 0.3) is 5.76 Å². The first-order valence-electron chi connectivity index (χ1n) is 4.08. The van der Waals surface area contributed by atoms with Crippen molar-refractivity contribution in [3.05, 3.63) is 29.7 Å². The molecule has 0 aliphatic heterocycles. The van der Waals surface area contributed by atoms with Gasteiger partial charge in [0, 0.05) is 13.3 Å². The molecular formula is C10H12O3. The Hall–Kier alpha value is -1.51. The van der Waals surface area contributed by atoms with E-state index in [2.05, 4.69) is 6.58 Å². The summed E-state index contributed by atoms with van der Waals surface area (Å²) < 4.78 is 5.22. The van der Waals surface area contributed by atoms with Gasteiger partial charge in [0.05, 0.1) is 5.56 Å². The van der Waals surface area contributed by atoms with Crippen LogP contribution in [-0.4, -0.2) is 10.9 Å². The van der Waals surface area contributed by atoms with Crippen LogP contribution in [0.3, 0.4) is 0 Å². The maximum Gasteiger partial charge on any atom is 0.195 e. The lowest BCUT2D eigenvalue weighted by Gasteiger charge is -1.94. The summed E-state index contributed by atoms with van der Waals surface area (Å²) >= 11 is 0. The fourth-order valence-corrected chi connectivity index (χ4v) is 1.09. The van der Waals surface area contributed by atoms with Crippen LogP contribution in [0, 0.1) is 0 Å². The van der Waals surface area contributed by atoms with Crippen LogP contribution >= 0.6 is 0 Å². The normalized spacial score (nSPS) is 10.0. The van der Waals surface area contributed by atoms with Gasteiger partial charge in [0.15, 0.2) is 11.5 Å². The Kier molecular flexibility index (Phi) is 2.56. The van der Waals surface area contributed by atoms with Gasteiger partial charge in [0.2, 0.25) is 0 Å². The van der Waals surface area contributed by atoms with Crippen molar-refractivity contribution in [3.63, 3.8) is 0 Å². The number of furan rings is 1. The van der Waals surface area contributed by atoms with Crippen LogP contribution < -0.4 is 0 Å². The second kappa shape index (κ2) is 3.47. The lowest BCUT2D eigenvalue weighted by molar-refractivity contribution is 0.0985. The third kappa shape index (κ3) is 1.80. The van der Waals surface area contributed by atoms with E-state index in [1.807, 2.05) is 6.92 Å². The van der Waals surface area contributed by atoms with Gasteiger partial charge in [-0.05, 0) is 6.07 Å². The number of hydrogen-bond donors (Lipinski definition) is 1. The minimum Gasteiger partial charge on any atom is -0.508 e. The highest BCUT2D eigenvalue weighted by molar-refractivity contribution is 5.95. The Bertz CT molecular complexity index is 316. The molecule has 1 aromatic rings. The molecule has 0 fully saturated rings. The third-order valence-electron chi connectivity index (χ3n) is 1.76. The van der Waals surface area contributed by atoms with E-state index in [4.69, 9.17) is 9.52 Å². The lowest BCUT2D eigenvalue weighted by atomic mass is 10.1. The number of aliphatic hydroxyl groups is 1. The average Bonchev–Trinajstić information content (AvgIpc) is 2.47. The summed E-state index contributed by atoms with van der Waals surface area (Å²) in [7, 11) is 0. The van der Waals surface area contributed by atoms with Gasteiger partial charge in [0.25, 0.3) is 0 Å². The van der Waals surface area contributed by atoms with Crippen LogP contribution in [0.4, 0.5) is 0 Å². The molecule has 0 bridgehead atoms. The SMILES string of the molecule is C=C(O)c1cc(CC)oc1C(C)=O. The summed E-state index contributed by atoms with van der Waals surface area (Å²) in [6.07, 6.45) is 0.688. The molecule has 0 aliphatic rings. The first-order valence-corrected chi connectivity index (χ1v) is 4.08. The number of Topliss-reactive ketones (excluding diaryl/α,β-unsaturated/α-hetero) is 1. The van der Waals surface area contributed by atoms with E-state index < -0.39 is 0 Å². The molecule has 3 heteroatoms. The predicted octanol–water partition coefficient (Wildman–Crippen LogP) is 2.57. The van der Waals surface area contributed by atoms with E-state index in [1.165, 1.54) is 6.92 Å². The zero-order chi connectivity index (χ0) is 10.0. The largest absolute Gasteiger partial charge is 0.508 e. The molecule has 0 aliphatic carbocycles. The molecule has 1 heterocycles. The monoisotopic (exact) mass is 180 g/mol. The average molecular weight is 180 g/mol. The Morgan fingerprint density at radius 3 is 2.62 bits per heavy atom. The summed E-state index contributed by atoms with van der Waals surface area (Å²) in [5.41, 5.74) is 0.393. The van der Waals surface area contributed by atoms with Crippen molar-refractivity contribution in [1.82, 2.24) is 0 Å². The zero-order valence-corrected chi connectivity index (χ0v) is 7.76. The van der Waals surface area contributed by atoms with Gasteiger partial charge in [0.1, 0.15) is 11.5 Å². The first kappa shape index (κ1) is 9.58. The highest BCUT2D eigenvalue weighted by Gasteiger charge is 2.15. The van der Waals surface area contributed by atoms with Gasteiger partial charge >= 0.3 is 0 Å². The molecule has 0 radical (unpaired) electrons. The number of aliphatic hydroxyl groups excluding tert-OH is 1. The molecule has 1 rings (SSSR count). The minimum atomic E-state index is -0.204. The molecule has 0 spiro atoms. The molecule has 0 amide bonds. The van der Waals surface area contributed by atoms with Gasteiger partial charge < -0.3 is 9.52 Å². The topological polar surface area (TPSA) is 50.4 Å². The highest BCUT2D eigenvalue weighted by atomic mass is 16.4. The van der Waals surface area contributed by atoms with Crippen molar-refractivity contribution >= 4 is 11.5 Å². The summed E-state index contributed by atoms with van der Waals surface area (Å²) in [5.74, 6) is 0.526. The maximum absolute atomic E-state index is 11.1. The second-order valence-corrected chi connectivity index (χ2v) is 2.81. The van der Waals surface area contributed by atoms with E-state index in [0.717, 1.165) is 0 Å². The Morgan fingerprint density at radius 1 is 1.69 bits per heavy atom. The van der Waals surface area contributed by atoms with Crippen molar-refractivity contribution < 1.29 is 14.3 Å². The van der Waals surface area contributed by atoms with Gasteiger partial charge in [-0.25, -0.2) is 0 Å². The standard InChI is InChI=1S/C10H12O3/c1-4-8-5-9(6(2)11)10(13-8)7(3)12/h5,11H,2,4H2,1,3H3. The molecule has 1 aromatic heterocycles. The Labute approximate surface area is 76.7 Å². The summed E-state index contributed by atoms with van der Waals surface area (Å²) in [5, 5.41) is 9.16. The van der Waals surface area contributed by atoms with Crippen molar-refractivity contribution in [2.75, 3.05) is 0 Å². The number of carbonyl (C=O) groups is 1. The van der Waals surface area contributed by atoms with Crippen LogP contribution in [0.5, 0.6) is 0 Å². The molecule has 3 nitrogen and oxygen atoms in total.